The van der Waals surface area contributed by atoms with E-state index in [1.54, 1.807) is 0 Å². The van der Waals surface area contributed by atoms with Crippen LogP contribution in [0.3, 0.4) is 0 Å². The van der Waals surface area contributed by atoms with E-state index in [4.69, 9.17) is 0 Å². The fraction of sp³-hybridized carbons (Fsp3) is 0.714. The number of nitrogens with zero attached hydrogens (tertiary/aromatic N) is 1. The summed E-state index contributed by atoms with van der Waals surface area (Å²) < 4.78 is 25.5. The zero-order chi connectivity index (χ0) is 10.2. The van der Waals surface area contributed by atoms with Gasteiger partial charge in [0.2, 0.25) is 5.91 Å². The third-order valence-corrected chi connectivity index (χ3v) is 2.02. The van der Waals surface area contributed by atoms with E-state index < -0.39 is 23.9 Å². The first-order valence-electron chi connectivity index (χ1n) is 3.80. The molecule has 0 aromatic carbocycles. The maximum absolute atomic E-state index is 12.7. The van der Waals surface area contributed by atoms with E-state index in [2.05, 4.69) is 0 Å². The van der Waals surface area contributed by atoms with Crippen LogP contribution < -0.4 is 5.32 Å². The predicted octanol–water partition coefficient (Wildman–Crippen LogP) is 0.582. The molecular formula is C7H10F2N2O2. The van der Waals surface area contributed by atoms with Crippen LogP contribution in [0.25, 0.3) is 0 Å². The maximum Gasteiger partial charge on any atom is 0.325 e. The number of amides is 3. The van der Waals surface area contributed by atoms with Gasteiger partial charge in [-0.1, -0.05) is 0 Å². The highest BCUT2D eigenvalue weighted by atomic mass is 19.3. The van der Waals surface area contributed by atoms with E-state index >= 15 is 0 Å². The Morgan fingerprint density at radius 3 is 2.38 bits per heavy atom. The highest BCUT2D eigenvalue weighted by Crippen LogP contribution is 2.23. The second-order valence-corrected chi connectivity index (χ2v) is 3.11. The number of carbonyl (C=O) groups is 2. The number of alkyl halides is 2. The van der Waals surface area contributed by atoms with Crippen molar-refractivity contribution in [3.63, 3.8) is 0 Å². The Morgan fingerprint density at radius 1 is 1.54 bits per heavy atom. The Morgan fingerprint density at radius 2 is 2.08 bits per heavy atom. The number of hydrogen-bond donors (Lipinski definition) is 1. The summed E-state index contributed by atoms with van der Waals surface area (Å²) in [6.07, 6.45) is 0. The molecule has 1 unspecified atom stereocenters. The highest BCUT2D eigenvalue weighted by molar-refractivity contribution is 6.02. The molecule has 0 bridgehead atoms. The summed E-state index contributed by atoms with van der Waals surface area (Å²) in [5, 5.41) is 1.93. The lowest BCUT2D eigenvalue weighted by Crippen LogP contribution is -2.45. The molecule has 1 fully saturated rings. The molecule has 1 heterocycles. The van der Waals surface area contributed by atoms with Crippen LogP contribution in [0.5, 0.6) is 0 Å². The Bertz CT molecular complexity index is 249. The van der Waals surface area contributed by atoms with Gasteiger partial charge in [0, 0.05) is 6.92 Å². The Kier molecular flexibility index (Phi) is 2.23. The summed E-state index contributed by atoms with van der Waals surface area (Å²) in [6.45, 7) is 1.63. The van der Waals surface area contributed by atoms with E-state index in [1.807, 2.05) is 5.32 Å². The van der Waals surface area contributed by atoms with E-state index in [0.717, 1.165) is 4.90 Å². The van der Waals surface area contributed by atoms with Gasteiger partial charge in [0.1, 0.15) is 6.54 Å². The molecular weight excluding hydrogens is 182 g/mol. The van der Waals surface area contributed by atoms with Gasteiger partial charge in [-0.15, -0.1) is 0 Å². The zero-order valence-corrected chi connectivity index (χ0v) is 7.30. The topological polar surface area (TPSA) is 49.4 Å². The lowest BCUT2D eigenvalue weighted by atomic mass is 10.2. The summed E-state index contributed by atoms with van der Waals surface area (Å²) in [5.41, 5.74) is 0. The smallest absolute Gasteiger partial charge is 0.306 e. The summed E-state index contributed by atoms with van der Waals surface area (Å²) >= 11 is 0. The maximum atomic E-state index is 12.7. The largest absolute Gasteiger partial charge is 0.325 e. The van der Waals surface area contributed by atoms with Crippen molar-refractivity contribution in [1.82, 2.24) is 10.2 Å². The van der Waals surface area contributed by atoms with Gasteiger partial charge in [0.05, 0.1) is 6.04 Å². The molecule has 0 radical (unpaired) electrons. The molecule has 0 aliphatic carbocycles. The van der Waals surface area contributed by atoms with Crippen molar-refractivity contribution in [2.75, 3.05) is 6.54 Å². The average molecular weight is 192 g/mol. The third-order valence-electron chi connectivity index (χ3n) is 2.02. The average Bonchev–Trinajstić information content (AvgIpc) is 2.26. The van der Waals surface area contributed by atoms with Crippen molar-refractivity contribution < 1.29 is 18.4 Å². The van der Waals surface area contributed by atoms with Crippen LogP contribution in [-0.4, -0.2) is 35.3 Å². The number of rotatable bonds is 2. The Balaban J connectivity index is 2.73. The second-order valence-electron chi connectivity index (χ2n) is 3.11. The van der Waals surface area contributed by atoms with Crippen LogP contribution in [-0.2, 0) is 4.79 Å². The molecule has 1 rings (SSSR count). The molecule has 0 saturated carbocycles. The van der Waals surface area contributed by atoms with Gasteiger partial charge in [-0.25, -0.2) is 13.6 Å². The van der Waals surface area contributed by atoms with E-state index in [0.29, 0.717) is 6.92 Å². The molecule has 3 amide bonds. The molecule has 13 heavy (non-hydrogen) atoms. The first-order valence-corrected chi connectivity index (χ1v) is 3.80. The molecule has 1 aliphatic heterocycles. The molecule has 1 atom stereocenters. The van der Waals surface area contributed by atoms with Gasteiger partial charge in [0.15, 0.2) is 0 Å². The van der Waals surface area contributed by atoms with Gasteiger partial charge >= 0.3 is 6.03 Å². The predicted molar refractivity (Wildman–Crippen MR) is 40.3 cm³/mol. The first-order chi connectivity index (χ1) is 5.82. The normalized spacial score (nSPS) is 20.5. The summed E-state index contributed by atoms with van der Waals surface area (Å²) in [4.78, 5) is 22.4. The molecule has 74 valence electrons. The number of hydrogen-bond acceptors (Lipinski definition) is 2. The van der Waals surface area contributed by atoms with Crippen LogP contribution in [0, 0.1) is 0 Å². The fourth-order valence-corrected chi connectivity index (χ4v) is 1.04. The van der Waals surface area contributed by atoms with Crippen molar-refractivity contribution in [3.05, 3.63) is 0 Å². The Labute approximate surface area is 73.9 Å². The van der Waals surface area contributed by atoms with Gasteiger partial charge < -0.3 is 4.90 Å². The number of nitrogens with one attached hydrogen (secondary N) is 1. The zero-order valence-electron chi connectivity index (χ0n) is 7.30. The lowest BCUT2D eigenvalue weighted by Gasteiger charge is -2.27. The first kappa shape index (κ1) is 9.88. The van der Waals surface area contributed by atoms with E-state index in [1.165, 1.54) is 6.92 Å². The lowest BCUT2D eigenvalue weighted by molar-refractivity contribution is -0.119. The third kappa shape index (κ3) is 1.93. The van der Waals surface area contributed by atoms with E-state index in [9.17, 15) is 18.4 Å². The Hall–Kier alpha value is -1.20. The fourth-order valence-electron chi connectivity index (χ4n) is 1.04. The number of urea groups is 1. The molecule has 0 spiro atoms. The molecule has 1 N–H and O–H groups in total. The van der Waals surface area contributed by atoms with Crippen LogP contribution in [0.15, 0.2) is 0 Å². The van der Waals surface area contributed by atoms with Crippen LogP contribution >= 0.6 is 0 Å². The minimum Gasteiger partial charge on any atom is -0.306 e. The van der Waals surface area contributed by atoms with Gasteiger partial charge in [-0.2, -0.15) is 0 Å². The molecule has 4 nitrogen and oxygen atoms in total. The number of halogens is 2. The van der Waals surface area contributed by atoms with Crippen LogP contribution in [0.2, 0.25) is 0 Å². The van der Waals surface area contributed by atoms with Crippen molar-refractivity contribution in [2.45, 2.75) is 25.8 Å². The van der Waals surface area contributed by atoms with Gasteiger partial charge in [0.25, 0.3) is 5.92 Å². The van der Waals surface area contributed by atoms with E-state index in [-0.39, 0.29) is 6.54 Å². The van der Waals surface area contributed by atoms with Gasteiger partial charge in [-0.05, 0) is 6.92 Å². The molecule has 1 saturated heterocycles. The minimum absolute atomic E-state index is 0.288. The molecule has 0 aromatic heterocycles. The number of carbonyl (C=O) groups excluding carboxylic acids is 2. The minimum atomic E-state index is -3.00. The molecule has 0 aromatic rings. The summed E-state index contributed by atoms with van der Waals surface area (Å²) in [7, 11) is 0. The van der Waals surface area contributed by atoms with Crippen molar-refractivity contribution >= 4 is 11.9 Å². The summed E-state index contributed by atoms with van der Waals surface area (Å²) in [6, 6.07) is -2.02. The monoisotopic (exact) mass is 192 g/mol. The molecule has 6 heteroatoms. The van der Waals surface area contributed by atoms with Gasteiger partial charge in [-0.3, -0.25) is 10.1 Å². The van der Waals surface area contributed by atoms with Crippen molar-refractivity contribution in [2.24, 2.45) is 0 Å². The highest BCUT2D eigenvalue weighted by Gasteiger charge is 2.41. The SMILES string of the molecule is CC(N1CC(=O)NC1=O)C(C)(F)F. The quantitative estimate of drug-likeness (QED) is 0.650. The summed E-state index contributed by atoms with van der Waals surface area (Å²) in [5.74, 6) is -3.54. The van der Waals surface area contributed by atoms with Crippen LogP contribution in [0.4, 0.5) is 13.6 Å². The number of imide groups is 1. The second kappa shape index (κ2) is 2.93. The van der Waals surface area contributed by atoms with Crippen molar-refractivity contribution in [3.8, 4) is 0 Å². The molecule has 1 aliphatic rings. The van der Waals surface area contributed by atoms with Crippen LogP contribution in [0.1, 0.15) is 13.8 Å². The standard InChI is InChI=1S/C7H10F2N2O2/c1-4(7(2,8)9)11-3-5(12)10-6(11)13/h4H,3H2,1-2H3,(H,10,12,13). The van der Waals surface area contributed by atoms with Crippen molar-refractivity contribution in [1.29, 1.82) is 0 Å².